The lowest BCUT2D eigenvalue weighted by Gasteiger charge is -2.16. The van der Waals surface area contributed by atoms with Gasteiger partial charge in [-0.15, -0.1) is 0 Å². The Labute approximate surface area is 86.6 Å². The van der Waals surface area contributed by atoms with E-state index in [2.05, 4.69) is 13.8 Å². The number of nitrogens with zero attached hydrogens (tertiary/aromatic N) is 1. The Morgan fingerprint density at radius 3 is 2.79 bits per heavy atom. The molecule has 0 aromatic heterocycles. The van der Waals surface area contributed by atoms with Crippen LogP contribution < -0.4 is 5.73 Å². The fraction of sp³-hybridized carbons (Fsp3) is 0.909. The first kappa shape index (κ1) is 11.5. The summed E-state index contributed by atoms with van der Waals surface area (Å²) >= 11 is 0. The predicted octanol–water partition coefficient (Wildman–Crippen LogP) is 1.23. The van der Waals surface area contributed by atoms with E-state index in [4.69, 9.17) is 5.73 Å². The Hall–Kier alpha value is -0.570. The molecular weight excluding hydrogens is 176 g/mol. The number of rotatable bonds is 5. The number of carbonyl (C=O) groups excluding carboxylic acids is 1. The number of carbonyl (C=O) groups is 1. The largest absolute Gasteiger partial charge is 0.342 e. The van der Waals surface area contributed by atoms with Gasteiger partial charge in [0.1, 0.15) is 0 Å². The van der Waals surface area contributed by atoms with Crippen LogP contribution in [0, 0.1) is 11.8 Å². The zero-order chi connectivity index (χ0) is 10.6. The molecule has 1 rings (SSSR count). The minimum absolute atomic E-state index is 0.296. The summed E-state index contributed by atoms with van der Waals surface area (Å²) in [5.74, 6) is 1.43. The molecule has 14 heavy (non-hydrogen) atoms. The minimum atomic E-state index is 0.296. The van der Waals surface area contributed by atoms with Crippen LogP contribution in [0.2, 0.25) is 0 Å². The summed E-state index contributed by atoms with van der Waals surface area (Å²) in [7, 11) is 0. The van der Waals surface area contributed by atoms with Gasteiger partial charge < -0.3 is 10.6 Å². The molecule has 1 aliphatic heterocycles. The average molecular weight is 198 g/mol. The lowest BCUT2D eigenvalue weighted by molar-refractivity contribution is -0.127. The highest BCUT2D eigenvalue weighted by Gasteiger charge is 2.27. The first-order valence-corrected chi connectivity index (χ1v) is 5.61. The van der Waals surface area contributed by atoms with Crippen LogP contribution in [0.1, 0.15) is 33.1 Å². The van der Waals surface area contributed by atoms with Gasteiger partial charge in [0.15, 0.2) is 0 Å². The second-order valence-corrected chi connectivity index (χ2v) is 4.68. The van der Waals surface area contributed by atoms with Crippen LogP contribution >= 0.6 is 0 Å². The van der Waals surface area contributed by atoms with E-state index < -0.39 is 0 Å². The quantitative estimate of drug-likeness (QED) is 0.722. The highest BCUT2D eigenvalue weighted by Crippen LogP contribution is 2.17. The third-order valence-corrected chi connectivity index (χ3v) is 2.84. The molecule has 1 heterocycles. The Balaban J connectivity index is 2.21. The van der Waals surface area contributed by atoms with E-state index in [9.17, 15) is 4.79 Å². The fourth-order valence-electron chi connectivity index (χ4n) is 1.92. The molecule has 1 unspecified atom stereocenters. The fourth-order valence-corrected chi connectivity index (χ4v) is 1.92. The zero-order valence-corrected chi connectivity index (χ0v) is 9.33. The summed E-state index contributed by atoms with van der Waals surface area (Å²) in [6.45, 7) is 6.89. The van der Waals surface area contributed by atoms with Crippen LogP contribution in [0.3, 0.4) is 0 Å². The normalized spacial score (nSPS) is 22.4. The number of hydrogen-bond donors (Lipinski definition) is 1. The Morgan fingerprint density at radius 1 is 1.57 bits per heavy atom. The van der Waals surface area contributed by atoms with Gasteiger partial charge in [-0.25, -0.2) is 0 Å². The molecule has 0 bridgehead atoms. The summed E-state index contributed by atoms with van der Waals surface area (Å²) in [4.78, 5) is 13.5. The molecule has 0 aromatic rings. The zero-order valence-electron chi connectivity index (χ0n) is 9.33. The topological polar surface area (TPSA) is 46.3 Å². The second kappa shape index (κ2) is 5.35. The monoisotopic (exact) mass is 198 g/mol. The Kier molecular flexibility index (Phi) is 4.39. The van der Waals surface area contributed by atoms with Gasteiger partial charge in [0.25, 0.3) is 0 Å². The van der Waals surface area contributed by atoms with Crippen molar-refractivity contribution in [1.82, 2.24) is 4.90 Å². The van der Waals surface area contributed by atoms with Crippen molar-refractivity contribution in [2.45, 2.75) is 33.1 Å². The van der Waals surface area contributed by atoms with Crippen molar-refractivity contribution in [3.05, 3.63) is 0 Å². The Morgan fingerprint density at radius 2 is 2.29 bits per heavy atom. The molecule has 1 saturated heterocycles. The van der Waals surface area contributed by atoms with Gasteiger partial charge >= 0.3 is 0 Å². The van der Waals surface area contributed by atoms with Crippen molar-refractivity contribution in [1.29, 1.82) is 0 Å². The van der Waals surface area contributed by atoms with E-state index in [0.717, 1.165) is 25.4 Å². The molecule has 1 fully saturated rings. The standard InChI is InChI=1S/C11H22N2O/c1-9(2)4-3-5-13-8-10(7-12)6-11(13)14/h9-10H,3-8,12H2,1-2H3. The van der Waals surface area contributed by atoms with Crippen LogP contribution in [0.5, 0.6) is 0 Å². The molecular formula is C11H22N2O. The van der Waals surface area contributed by atoms with Crippen molar-refractivity contribution in [3.8, 4) is 0 Å². The summed E-state index contributed by atoms with van der Waals surface area (Å²) < 4.78 is 0. The van der Waals surface area contributed by atoms with Crippen LogP contribution in [0.25, 0.3) is 0 Å². The molecule has 0 aliphatic carbocycles. The predicted molar refractivity (Wildman–Crippen MR) is 57.8 cm³/mol. The first-order valence-electron chi connectivity index (χ1n) is 5.61. The summed E-state index contributed by atoms with van der Waals surface area (Å²) in [6, 6.07) is 0. The van der Waals surface area contributed by atoms with Gasteiger partial charge in [0.2, 0.25) is 5.91 Å². The average Bonchev–Trinajstić information content (AvgIpc) is 2.47. The SMILES string of the molecule is CC(C)CCCN1CC(CN)CC1=O. The van der Waals surface area contributed by atoms with Gasteiger partial charge in [-0.2, -0.15) is 0 Å². The number of nitrogens with two attached hydrogens (primary N) is 1. The lowest BCUT2D eigenvalue weighted by atomic mass is 10.1. The van der Waals surface area contributed by atoms with Crippen molar-refractivity contribution < 1.29 is 4.79 Å². The van der Waals surface area contributed by atoms with Gasteiger partial charge in [-0.05, 0) is 31.2 Å². The number of hydrogen-bond acceptors (Lipinski definition) is 2. The summed E-state index contributed by atoms with van der Waals surface area (Å²) in [5.41, 5.74) is 5.56. The van der Waals surface area contributed by atoms with Gasteiger partial charge in [0, 0.05) is 19.5 Å². The second-order valence-electron chi connectivity index (χ2n) is 4.68. The molecule has 1 atom stereocenters. The summed E-state index contributed by atoms with van der Waals surface area (Å²) in [5, 5.41) is 0. The maximum Gasteiger partial charge on any atom is 0.222 e. The van der Waals surface area contributed by atoms with Crippen LogP contribution in [-0.4, -0.2) is 30.4 Å². The van der Waals surface area contributed by atoms with E-state index in [-0.39, 0.29) is 0 Å². The molecule has 3 heteroatoms. The smallest absolute Gasteiger partial charge is 0.222 e. The highest BCUT2D eigenvalue weighted by molar-refractivity contribution is 5.78. The van der Waals surface area contributed by atoms with E-state index in [0.29, 0.717) is 24.8 Å². The van der Waals surface area contributed by atoms with Crippen LogP contribution in [0.15, 0.2) is 0 Å². The maximum absolute atomic E-state index is 11.5. The summed E-state index contributed by atoms with van der Waals surface area (Å²) in [6.07, 6.45) is 3.00. The van der Waals surface area contributed by atoms with Crippen molar-refractivity contribution >= 4 is 5.91 Å². The van der Waals surface area contributed by atoms with Crippen LogP contribution in [0.4, 0.5) is 0 Å². The molecule has 0 radical (unpaired) electrons. The maximum atomic E-state index is 11.5. The molecule has 3 nitrogen and oxygen atoms in total. The third-order valence-electron chi connectivity index (χ3n) is 2.84. The van der Waals surface area contributed by atoms with E-state index >= 15 is 0 Å². The number of amides is 1. The van der Waals surface area contributed by atoms with Crippen molar-refractivity contribution in [2.24, 2.45) is 17.6 Å². The van der Waals surface area contributed by atoms with E-state index in [1.54, 1.807) is 0 Å². The van der Waals surface area contributed by atoms with Crippen molar-refractivity contribution in [3.63, 3.8) is 0 Å². The molecule has 2 N–H and O–H groups in total. The molecule has 82 valence electrons. The van der Waals surface area contributed by atoms with Crippen LogP contribution in [-0.2, 0) is 4.79 Å². The van der Waals surface area contributed by atoms with Gasteiger partial charge in [-0.1, -0.05) is 13.8 Å². The van der Waals surface area contributed by atoms with E-state index in [1.807, 2.05) is 4.90 Å². The third kappa shape index (κ3) is 3.29. The molecule has 1 amide bonds. The molecule has 1 aliphatic rings. The van der Waals surface area contributed by atoms with Gasteiger partial charge in [0.05, 0.1) is 0 Å². The lowest BCUT2D eigenvalue weighted by Crippen LogP contribution is -2.27. The van der Waals surface area contributed by atoms with E-state index in [1.165, 1.54) is 6.42 Å². The molecule has 0 saturated carbocycles. The first-order chi connectivity index (χ1) is 6.63. The van der Waals surface area contributed by atoms with Gasteiger partial charge in [-0.3, -0.25) is 4.79 Å². The molecule has 0 aromatic carbocycles. The molecule has 0 spiro atoms. The van der Waals surface area contributed by atoms with Crippen molar-refractivity contribution in [2.75, 3.05) is 19.6 Å². The minimum Gasteiger partial charge on any atom is -0.342 e. The number of likely N-dealkylation sites (tertiary alicyclic amines) is 1. The highest BCUT2D eigenvalue weighted by atomic mass is 16.2. The Bertz CT molecular complexity index is 192.